The number of carbonyl (C=O) groups is 2. The summed E-state index contributed by atoms with van der Waals surface area (Å²) in [4.78, 5) is 23.9. The molecule has 0 aliphatic rings. The lowest BCUT2D eigenvalue weighted by Crippen LogP contribution is -2.42. The van der Waals surface area contributed by atoms with Gasteiger partial charge in [-0.25, -0.2) is 13.1 Å². The second kappa shape index (κ2) is 9.48. The van der Waals surface area contributed by atoms with Crippen LogP contribution < -0.4 is 15.6 Å². The van der Waals surface area contributed by atoms with E-state index >= 15 is 0 Å². The van der Waals surface area contributed by atoms with Crippen LogP contribution in [0.15, 0.2) is 53.4 Å². The average molecular weight is 404 g/mol. The lowest BCUT2D eigenvalue weighted by molar-refractivity contribution is -0.122. The molecule has 8 heteroatoms. The van der Waals surface area contributed by atoms with Crippen molar-refractivity contribution >= 4 is 21.8 Å². The van der Waals surface area contributed by atoms with Crippen molar-refractivity contribution in [3.8, 4) is 0 Å². The highest BCUT2D eigenvalue weighted by atomic mass is 32.2. The van der Waals surface area contributed by atoms with E-state index in [1.54, 1.807) is 13.0 Å². The summed E-state index contributed by atoms with van der Waals surface area (Å²) in [5.41, 5.74) is 6.11. The Morgan fingerprint density at radius 3 is 2.32 bits per heavy atom. The fourth-order valence-corrected chi connectivity index (χ4v) is 3.79. The van der Waals surface area contributed by atoms with E-state index in [0.29, 0.717) is 5.56 Å². The van der Waals surface area contributed by atoms with E-state index in [1.807, 2.05) is 44.2 Å². The van der Waals surface area contributed by atoms with Gasteiger partial charge in [-0.3, -0.25) is 20.4 Å². The average Bonchev–Trinajstić information content (AvgIpc) is 2.65. The minimum atomic E-state index is -3.81. The first-order chi connectivity index (χ1) is 13.2. The zero-order valence-electron chi connectivity index (χ0n) is 16.2. The molecule has 2 amide bonds. The Morgan fingerprint density at radius 1 is 1.00 bits per heavy atom. The van der Waals surface area contributed by atoms with Crippen molar-refractivity contribution in [3.05, 3.63) is 65.2 Å². The predicted octanol–water partition coefficient (Wildman–Crippen LogP) is 2.28. The summed E-state index contributed by atoms with van der Waals surface area (Å²) in [6.07, 6.45) is 0.275. The number of hydrazine groups is 1. The maximum absolute atomic E-state index is 12.7. The number of hydrogen-bond donors (Lipinski definition) is 3. The van der Waals surface area contributed by atoms with E-state index in [0.717, 1.165) is 5.56 Å². The number of benzene rings is 2. The van der Waals surface area contributed by atoms with E-state index in [2.05, 4.69) is 15.6 Å². The SMILES string of the molecule is Cc1ccc(C(=O)NNC(=O)CC(C)C)cc1S(=O)(=O)NCc1ccccc1. The summed E-state index contributed by atoms with van der Waals surface area (Å²) >= 11 is 0. The Kier molecular flexibility index (Phi) is 7.31. The molecular formula is C20H25N3O4S. The van der Waals surface area contributed by atoms with Crippen molar-refractivity contribution in [1.29, 1.82) is 0 Å². The third-order valence-electron chi connectivity index (χ3n) is 3.96. The van der Waals surface area contributed by atoms with Crippen LogP contribution in [0.3, 0.4) is 0 Å². The molecule has 0 spiro atoms. The quantitative estimate of drug-likeness (QED) is 0.617. The van der Waals surface area contributed by atoms with Crippen molar-refractivity contribution in [2.24, 2.45) is 5.92 Å². The zero-order chi connectivity index (χ0) is 20.7. The van der Waals surface area contributed by atoms with Crippen molar-refractivity contribution in [1.82, 2.24) is 15.6 Å². The summed E-state index contributed by atoms with van der Waals surface area (Å²) in [6.45, 7) is 5.58. The van der Waals surface area contributed by atoms with Crippen LogP contribution in [0.25, 0.3) is 0 Å². The fraction of sp³-hybridized carbons (Fsp3) is 0.300. The van der Waals surface area contributed by atoms with Gasteiger partial charge in [-0.1, -0.05) is 50.2 Å². The molecule has 0 heterocycles. The molecule has 0 atom stereocenters. The molecule has 28 heavy (non-hydrogen) atoms. The lowest BCUT2D eigenvalue weighted by Gasteiger charge is -2.12. The van der Waals surface area contributed by atoms with Crippen molar-refractivity contribution in [3.63, 3.8) is 0 Å². The molecule has 0 unspecified atom stereocenters. The van der Waals surface area contributed by atoms with E-state index in [4.69, 9.17) is 0 Å². The van der Waals surface area contributed by atoms with Crippen LogP contribution >= 0.6 is 0 Å². The molecule has 2 aromatic rings. The molecule has 2 rings (SSSR count). The smallest absolute Gasteiger partial charge is 0.269 e. The summed E-state index contributed by atoms with van der Waals surface area (Å²) < 4.78 is 27.9. The molecule has 0 aliphatic carbocycles. The van der Waals surface area contributed by atoms with Gasteiger partial charge >= 0.3 is 0 Å². The molecule has 2 aromatic carbocycles. The highest BCUT2D eigenvalue weighted by Crippen LogP contribution is 2.17. The van der Waals surface area contributed by atoms with Crippen LogP contribution in [0.2, 0.25) is 0 Å². The first kappa shape index (κ1) is 21.6. The molecular weight excluding hydrogens is 378 g/mol. The normalized spacial score (nSPS) is 11.3. The first-order valence-corrected chi connectivity index (χ1v) is 10.4. The maximum Gasteiger partial charge on any atom is 0.269 e. The Bertz CT molecular complexity index is 941. The van der Waals surface area contributed by atoms with Gasteiger partial charge < -0.3 is 0 Å². The largest absolute Gasteiger partial charge is 0.273 e. The van der Waals surface area contributed by atoms with E-state index in [1.165, 1.54) is 12.1 Å². The van der Waals surface area contributed by atoms with Gasteiger partial charge in [0.1, 0.15) is 0 Å². The van der Waals surface area contributed by atoms with Gasteiger partial charge in [0.15, 0.2) is 0 Å². The maximum atomic E-state index is 12.7. The van der Waals surface area contributed by atoms with Crippen molar-refractivity contribution in [2.45, 2.75) is 38.6 Å². The molecule has 0 bridgehead atoms. The standard InChI is InChI=1S/C20H25N3O4S/c1-14(2)11-19(24)22-23-20(25)17-10-9-15(3)18(12-17)28(26,27)21-13-16-7-5-4-6-8-16/h4-10,12,14,21H,11,13H2,1-3H3,(H,22,24)(H,23,25). The van der Waals surface area contributed by atoms with Gasteiger partial charge in [-0.05, 0) is 36.1 Å². The van der Waals surface area contributed by atoms with Gasteiger partial charge in [0.25, 0.3) is 5.91 Å². The molecule has 0 aromatic heterocycles. The summed E-state index contributed by atoms with van der Waals surface area (Å²) in [5, 5.41) is 0. The van der Waals surface area contributed by atoms with Gasteiger partial charge in [0.05, 0.1) is 4.90 Å². The highest BCUT2D eigenvalue weighted by Gasteiger charge is 2.19. The van der Waals surface area contributed by atoms with Gasteiger partial charge in [-0.2, -0.15) is 0 Å². The van der Waals surface area contributed by atoms with Gasteiger partial charge in [0.2, 0.25) is 15.9 Å². The molecule has 7 nitrogen and oxygen atoms in total. The molecule has 0 aliphatic heterocycles. The molecule has 0 fully saturated rings. The monoisotopic (exact) mass is 403 g/mol. The number of carbonyl (C=O) groups excluding carboxylic acids is 2. The van der Waals surface area contributed by atoms with Gasteiger partial charge in [-0.15, -0.1) is 0 Å². The number of amides is 2. The molecule has 150 valence electrons. The molecule has 0 saturated heterocycles. The minimum Gasteiger partial charge on any atom is -0.273 e. The van der Waals surface area contributed by atoms with Gasteiger partial charge in [0, 0.05) is 18.5 Å². The third kappa shape index (κ3) is 6.17. The minimum absolute atomic E-state index is 0.0181. The van der Waals surface area contributed by atoms with Crippen LogP contribution in [0.4, 0.5) is 0 Å². The lowest BCUT2D eigenvalue weighted by atomic mass is 10.1. The van der Waals surface area contributed by atoms with Crippen LogP contribution in [0.5, 0.6) is 0 Å². The van der Waals surface area contributed by atoms with Crippen molar-refractivity contribution in [2.75, 3.05) is 0 Å². The van der Waals surface area contributed by atoms with Crippen LogP contribution in [0, 0.1) is 12.8 Å². The van der Waals surface area contributed by atoms with Crippen LogP contribution in [-0.2, 0) is 21.4 Å². The van der Waals surface area contributed by atoms with E-state index in [-0.39, 0.29) is 35.2 Å². The number of aryl methyl sites for hydroxylation is 1. The van der Waals surface area contributed by atoms with Crippen LogP contribution in [-0.4, -0.2) is 20.2 Å². The summed E-state index contributed by atoms with van der Waals surface area (Å²) in [7, 11) is -3.81. The number of rotatable bonds is 7. The predicted molar refractivity (Wildman–Crippen MR) is 107 cm³/mol. The fourth-order valence-electron chi connectivity index (χ4n) is 2.50. The Hall–Kier alpha value is -2.71. The molecule has 0 saturated carbocycles. The molecule has 0 radical (unpaired) electrons. The second-order valence-corrected chi connectivity index (χ2v) is 8.63. The Morgan fingerprint density at radius 2 is 1.68 bits per heavy atom. The Balaban J connectivity index is 2.11. The van der Waals surface area contributed by atoms with E-state index in [9.17, 15) is 18.0 Å². The zero-order valence-corrected chi connectivity index (χ0v) is 17.0. The Labute approximate surface area is 165 Å². The van der Waals surface area contributed by atoms with E-state index < -0.39 is 15.9 Å². The summed E-state index contributed by atoms with van der Waals surface area (Å²) in [5.74, 6) is -0.742. The number of hydrogen-bond acceptors (Lipinski definition) is 4. The number of sulfonamides is 1. The van der Waals surface area contributed by atoms with Crippen molar-refractivity contribution < 1.29 is 18.0 Å². The summed E-state index contributed by atoms with van der Waals surface area (Å²) in [6, 6.07) is 13.5. The number of nitrogens with one attached hydrogen (secondary N) is 3. The molecule has 3 N–H and O–H groups in total. The highest BCUT2D eigenvalue weighted by molar-refractivity contribution is 7.89. The topological polar surface area (TPSA) is 104 Å². The van der Waals surface area contributed by atoms with Crippen LogP contribution in [0.1, 0.15) is 41.8 Å². The first-order valence-electron chi connectivity index (χ1n) is 8.92. The second-order valence-electron chi connectivity index (χ2n) is 6.89. The third-order valence-corrected chi connectivity index (χ3v) is 5.50.